The third kappa shape index (κ3) is 5.76. The Bertz CT molecular complexity index is 3160. The summed E-state index contributed by atoms with van der Waals surface area (Å²) in [5, 5.41) is 0. The number of rotatable bonds is 6. The maximum Gasteiger partial charge on any atom is 0.164 e. The number of benzene rings is 8. The van der Waals surface area contributed by atoms with Crippen molar-refractivity contribution in [2.45, 2.75) is 5.41 Å². The van der Waals surface area contributed by atoms with Crippen molar-refractivity contribution in [3.05, 3.63) is 235 Å². The van der Waals surface area contributed by atoms with Crippen LogP contribution < -0.4 is 4.74 Å². The number of fused-ring (bicyclic) bond motifs is 9. The quantitative estimate of drug-likeness (QED) is 0.167. The normalized spacial score (nSPS) is 12.8. The summed E-state index contributed by atoms with van der Waals surface area (Å²) in [5.74, 6) is 4.19. The van der Waals surface area contributed by atoms with Crippen LogP contribution in [0.15, 0.2) is 212 Å². The van der Waals surface area contributed by atoms with E-state index in [1.54, 1.807) is 0 Å². The minimum Gasteiger partial charge on any atom is -0.457 e. The Morgan fingerprint density at radius 2 is 0.710 bits per heavy atom. The second-order valence-electron chi connectivity index (χ2n) is 15.6. The number of ether oxygens (including phenoxy) is 1. The molecule has 3 heterocycles. The zero-order chi connectivity index (χ0) is 41.0. The lowest BCUT2D eigenvalue weighted by Gasteiger charge is -2.39. The molecule has 12 rings (SSSR count). The average molecular weight is 794 g/mol. The van der Waals surface area contributed by atoms with Gasteiger partial charge in [0, 0.05) is 44.5 Å². The molecule has 2 aliphatic rings. The van der Waals surface area contributed by atoms with Crippen LogP contribution in [0.3, 0.4) is 0 Å². The average Bonchev–Trinajstić information content (AvgIpc) is 3.64. The first-order chi connectivity index (χ1) is 30.7. The van der Waals surface area contributed by atoms with Gasteiger partial charge in [0.05, 0.1) is 16.8 Å². The van der Waals surface area contributed by atoms with Gasteiger partial charge in [-0.2, -0.15) is 0 Å². The van der Waals surface area contributed by atoms with Crippen LogP contribution in [-0.4, -0.2) is 24.9 Å². The van der Waals surface area contributed by atoms with Crippen LogP contribution in [0.2, 0.25) is 0 Å². The van der Waals surface area contributed by atoms with E-state index in [0.29, 0.717) is 23.3 Å². The van der Waals surface area contributed by atoms with Gasteiger partial charge >= 0.3 is 0 Å². The van der Waals surface area contributed by atoms with Crippen LogP contribution in [0.4, 0.5) is 0 Å². The zero-order valence-electron chi connectivity index (χ0n) is 33.4. The Hall–Kier alpha value is -8.35. The Morgan fingerprint density at radius 3 is 1.26 bits per heavy atom. The molecule has 6 heteroatoms. The Balaban J connectivity index is 1.10. The molecule has 290 valence electrons. The van der Waals surface area contributed by atoms with Crippen molar-refractivity contribution in [2.24, 2.45) is 0 Å². The maximum atomic E-state index is 6.69. The fourth-order valence-corrected chi connectivity index (χ4v) is 9.21. The van der Waals surface area contributed by atoms with Gasteiger partial charge in [0.1, 0.15) is 11.5 Å². The highest BCUT2D eigenvalue weighted by atomic mass is 16.5. The number of aromatic nitrogens is 5. The topological polar surface area (TPSA) is 73.7 Å². The minimum atomic E-state index is -0.703. The van der Waals surface area contributed by atoms with Crippen LogP contribution in [0.1, 0.15) is 22.3 Å². The van der Waals surface area contributed by atoms with Crippen molar-refractivity contribution >= 4 is 0 Å². The van der Waals surface area contributed by atoms with E-state index in [4.69, 9.17) is 29.7 Å². The van der Waals surface area contributed by atoms with Gasteiger partial charge in [0.15, 0.2) is 23.3 Å². The predicted octanol–water partition coefficient (Wildman–Crippen LogP) is 13.1. The number of hydrogen-bond donors (Lipinski definition) is 0. The molecule has 0 radical (unpaired) electrons. The molecule has 1 spiro atoms. The number of nitrogens with zero attached hydrogens (tertiary/aromatic N) is 5. The van der Waals surface area contributed by atoms with Crippen molar-refractivity contribution in [1.29, 1.82) is 0 Å². The number of para-hydroxylation sites is 2. The Morgan fingerprint density at radius 1 is 0.274 bits per heavy atom. The van der Waals surface area contributed by atoms with E-state index in [1.165, 1.54) is 0 Å². The molecule has 1 aliphatic carbocycles. The molecule has 2 aromatic heterocycles. The van der Waals surface area contributed by atoms with E-state index in [-0.39, 0.29) is 0 Å². The second kappa shape index (κ2) is 14.4. The molecule has 0 saturated heterocycles. The van der Waals surface area contributed by atoms with Crippen LogP contribution in [0.25, 0.3) is 79.2 Å². The molecule has 1 aliphatic heterocycles. The summed E-state index contributed by atoms with van der Waals surface area (Å²) in [6, 6.07) is 73.2. The summed E-state index contributed by atoms with van der Waals surface area (Å²) in [6.45, 7) is 0. The summed E-state index contributed by atoms with van der Waals surface area (Å²) in [5.41, 5.74) is 13.4. The summed E-state index contributed by atoms with van der Waals surface area (Å²) >= 11 is 0. The van der Waals surface area contributed by atoms with Gasteiger partial charge in [-0.15, -0.1) is 0 Å². The lowest BCUT2D eigenvalue weighted by atomic mass is 9.66. The summed E-state index contributed by atoms with van der Waals surface area (Å²) in [4.78, 5) is 25.6. The molecule has 0 N–H and O–H groups in total. The van der Waals surface area contributed by atoms with Gasteiger partial charge in [0.2, 0.25) is 0 Å². The lowest BCUT2D eigenvalue weighted by molar-refractivity contribution is 0.436. The second-order valence-corrected chi connectivity index (χ2v) is 15.6. The standard InChI is InChI=1S/C56H35N5O/c1-5-17-36(18-6-1)48-35-49(58-52(57-48)37-19-7-2-8-20-37)40-29-31-42-43-33-41(55-60-53(38-21-9-3-10-22-38)59-54(61-55)39-23-11-4-12-24-39)30-32-44(43)56(47(42)34-40)45-25-13-15-27-50(45)62-51-28-16-14-26-46(51)56/h1-35H. The van der Waals surface area contributed by atoms with E-state index >= 15 is 0 Å². The summed E-state index contributed by atoms with van der Waals surface area (Å²) in [6.07, 6.45) is 0. The fourth-order valence-electron chi connectivity index (χ4n) is 9.21. The molecule has 0 fully saturated rings. The van der Waals surface area contributed by atoms with E-state index in [9.17, 15) is 0 Å². The van der Waals surface area contributed by atoms with Crippen molar-refractivity contribution in [3.8, 4) is 90.7 Å². The predicted molar refractivity (Wildman–Crippen MR) is 245 cm³/mol. The van der Waals surface area contributed by atoms with E-state index in [0.717, 1.165) is 89.6 Å². The van der Waals surface area contributed by atoms with Crippen molar-refractivity contribution < 1.29 is 4.74 Å². The Kier molecular flexibility index (Phi) is 8.28. The first-order valence-corrected chi connectivity index (χ1v) is 20.7. The smallest absolute Gasteiger partial charge is 0.164 e. The highest BCUT2D eigenvalue weighted by Gasteiger charge is 2.51. The first kappa shape index (κ1) is 35.6. The first-order valence-electron chi connectivity index (χ1n) is 20.7. The minimum absolute atomic E-state index is 0.607. The SMILES string of the molecule is c1ccc(-c2cc(-c3ccc4c(c3)C3(c5ccccc5Oc5ccccc53)c3ccc(-c5nc(-c6ccccc6)nc(-c6ccccc6)n5)cc3-4)nc(-c3ccccc3)n2)cc1. The zero-order valence-corrected chi connectivity index (χ0v) is 33.4. The molecular formula is C56H35N5O. The number of hydrogen-bond acceptors (Lipinski definition) is 6. The Labute approximate surface area is 359 Å². The highest BCUT2D eigenvalue weighted by molar-refractivity contribution is 5.92. The van der Waals surface area contributed by atoms with Crippen LogP contribution in [-0.2, 0) is 5.41 Å². The van der Waals surface area contributed by atoms with Gasteiger partial charge in [-0.25, -0.2) is 24.9 Å². The third-order valence-electron chi connectivity index (χ3n) is 12.0. The molecule has 0 bridgehead atoms. The molecule has 0 amide bonds. The van der Waals surface area contributed by atoms with E-state index in [1.807, 2.05) is 109 Å². The van der Waals surface area contributed by atoms with E-state index < -0.39 is 5.41 Å². The molecular weight excluding hydrogens is 759 g/mol. The molecule has 0 unspecified atom stereocenters. The molecule has 10 aromatic rings. The summed E-state index contributed by atoms with van der Waals surface area (Å²) < 4.78 is 6.69. The van der Waals surface area contributed by atoms with Gasteiger partial charge in [-0.05, 0) is 52.6 Å². The molecule has 0 atom stereocenters. The molecule has 6 nitrogen and oxygen atoms in total. The van der Waals surface area contributed by atoms with Gasteiger partial charge in [-0.3, -0.25) is 0 Å². The van der Waals surface area contributed by atoms with E-state index in [2.05, 4.69) is 103 Å². The third-order valence-corrected chi connectivity index (χ3v) is 12.0. The van der Waals surface area contributed by atoms with Crippen LogP contribution >= 0.6 is 0 Å². The van der Waals surface area contributed by atoms with Gasteiger partial charge < -0.3 is 4.74 Å². The lowest BCUT2D eigenvalue weighted by Crippen LogP contribution is -2.32. The van der Waals surface area contributed by atoms with Crippen LogP contribution in [0.5, 0.6) is 11.5 Å². The largest absolute Gasteiger partial charge is 0.457 e. The van der Waals surface area contributed by atoms with Crippen LogP contribution in [0, 0.1) is 0 Å². The maximum absolute atomic E-state index is 6.69. The summed E-state index contributed by atoms with van der Waals surface area (Å²) in [7, 11) is 0. The van der Waals surface area contributed by atoms with Gasteiger partial charge in [0.25, 0.3) is 0 Å². The molecule has 62 heavy (non-hydrogen) atoms. The highest BCUT2D eigenvalue weighted by Crippen LogP contribution is 2.62. The molecule has 8 aromatic carbocycles. The molecule has 0 saturated carbocycles. The van der Waals surface area contributed by atoms with Crippen molar-refractivity contribution in [2.75, 3.05) is 0 Å². The van der Waals surface area contributed by atoms with Crippen molar-refractivity contribution in [3.63, 3.8) is 0 Å². The van der Waals surface area contributed by atoms with Gasteiger partial charge in [-0.1, -0.05) is 182 Å². The monoisotopic (exact) mass is 793 g/mol. The fraction of sp³-hybridized carbons (Fsp3) is 0.0179. The van der Waals surface area contributed by atoms with Crippen molar-refractivity contribution in [1.82, 2.24) is 24.9 Å².